The number of nitrogens with one attached hydrogen (secondary N) is 1. The van der Waals surface area contributed by atoms with Crippen molar-refractivity contribution in [3.8, 4) is 22.8 Å². The van der Waals surface area contributed by atoms with E-state index in [9.17, 15) is 5.11 Å². The van der Waals surface area contributed by atoms with E-state index in [1.165, 1.54) is 7.11 Å². The number of aromatic nitrogens is 3. The molecule has 0 saturated carbocycles. The van der Waals surface area contributed by atoms with Gasteiger partial charge in [-0.1, -0.05) is 18.2 Å². The van der Waals surface area contributed by atoms with Crippen molar-refractivity contribution in [3.63, 3.8) is 0 Å². The lowest BCUT2D eigenvalue weighted by atomic mass is 10.1. The van der Waals surface area contributed by atoms with Crippen molar-refractivity contribution in [2.45, 2.75) is 0 Å². The third-order valence-electron chi connectivity index (χ3n) is 3.89. The van der Waals surface area contributed by atoms with Crippen LogP contribution in [0.1, 0.15) is 0 Å². The summed E-state index contributed by atoms with van der Waals surface area (Å²) < 4.78 is 7.11. The number of fused-ring (bicyclic) bond motifs is 1. The molecule has 4 rings (SSSR count). The van der Waals surface area contributed by atoms with Crippen LogP contribution in [0.25, 0.3) is 17.0 Å². The fourth-order valence-electron chi connectivity index (χ4n) is 2.69. The van der Waals surface area contributed by atoms with Gasteiger partial charge in [0.2, 0.25) is 5.78 Å². The maximum atomic E-state index is 9.85. The smallest absolute Gasteiger partial charge is 0.235 e. The summed E-state index contributed by atoms with van der Waals surface area (Å²) in [4.78, 5) is 8.96. The molecule has 0 aliphatic rings. The van der Waals surface area contributed by atoms with E-state index in [1.54, 1.807) is 24.4 Å². The molecule has 6 heteroatoms. The molecule has 0 saturated heterocycles. The van der Waals surface area contributed by atoms with E-state index in [0.29, 0.717) is 11.5 Å². The predicted molar refractivity (Wildman–Crippen MR) is 96.4 cm³/mol. The molecule has 25 heavy (non-hydrogen) atoms. The Hall–Kier alpha value is -3.54. The fraction of sp³-hybridized carbons (Fsp3) is 0.0526. The minimum atomic E-state index is 0.0886. The van der Waals surface area contributed by atoms with Crippen LogP contribution < -0.4 is 10.1 Å². The van der Waals surface area contributed by atoms with Crippen molar-refractivity contribution >= 4 is 17.3 Å². The van der Waals surface area contributed by atoms with E-state index in [1.807, 2.05) is 47.0 Å². The normalized spacial score (nSPS) is 10.8. The van der Waals surface area contributed by atoms with E-state index in [-0.39, 0.29) is 5.75 Å². The van der Waals surface area contributed by atoms with Gasteiger partial charge in [0.1, 0.15) is 11.5 Å². The van der Waals surface area contributed by atoms with Gasteiger partial charge in [-0.15, -0.1) is 0 Å². The summed E-state index contributed by atoms with van der Waals surface area (Å²) in [6.07, 6.45) is 3.61. The first-order chi connectivity index (χ1) is 12.3. The topological polar surface area (TPSA) is 71.7 Å². The maximum absolute atomic E-state index is 9.85. The Morgan fingerprint density at radius 1 is 1.08 bits per heavy atom. The second-order valence-corrected chi connectivity index (χ2v) is 5.48. The monoisotopic (exact) mass is 332 g/mol. The van der Waals surface area contributed by atoms with E-state index in [0.717, 1.165) is 22.8 Å². The summed E-state index contributed by atoms with van der Waals surface area (Å²) in [5.41, 5.74) is 2.49. The van der Waals surface area contributed by atoms with Crippen molar-refractivity contribution in [1.29, 1.82) is 0 Å². The highest BCUT2D eigenvalue weighted by Crippen LogP contribution is 2.35. The molecule has 2 heterocycles. The molecule has 2 aromatic heterocycles. The molecule has 2 aromatic carbocycles. The summed E-state index contributed by atoms with van der Waals surface area (Å²) in [5.74, 6) is 1.86. The number of anilines is 2. The molecular formula is C19H16N4O2. The minimum Gasteiger partial charge on any atom is -0.504 e. The Morgan fingerprint density at radius 2 is 1.92 bits per heavy atom. The van der Waals surface area contributed by atoms with Crippen molar-refractivity contribution < 1.29 is 9.84 Å². The molecule has 0 atom stereocenters. The van der Waals surface area contributed by atoms with Gasteiger partial charge in [-0.05, 0) is 36.4 Å². The zero-order valence-electron chi connectivity index (χ0n) is 13.5. The van der Waals surface area contributed by atoms with Gasteiger partial charge in [0.25, 0.3) is 0 Å². The summed E-state index contributed by atoms with van der Waals surface area (Å²) >= 11 is 0. The van der Waals surface area contributed by atoms with Crippen LogP contribution in [0.15, 0.2) is 67.0 Å². The van der Waals surface area contributed by atoms with Crippen LogP contribution >= 0.6 is 0 Å². The second-order valence-electron chi connectivity index (χ2n) is 5.48. The van der Waals surface area contributed by atoms with Crippen LogP contribution in [0.5, 0.6) is 11.5 Å². The Morgan fingerprint density at radius 3 is 2.72 bits per heavy atom. The molecule has 2 N–H and O–H groups in total. The first-order valence-electron chi connectivity index (χ1n) is 7.79. The first-order valence-corrected chi connectivity index (χ1v) is 7.79. The van der Waals surface area contributed by atoms with Crippen molar-refractivity contribution in [2.24, 2.45) is 0 Å². The highest BCUT2D eigenvalue weighted by Gasteiger charge is 2.16. The minimum absolute atomic E-state index is 0.0886. The van der Waals surface area contributed by atoms with E-state index in [4.69, 9.17) is 4.74 Å². The molecule has 124 valence electrons. The highest BCUT2D eigenvalue weighted by atomic mass is 16.5. The number of imidazole rings is 1. The molecule has 0 unspecified atom stereocenters. The maximum Gasteiger partial charge on any atom is 0.235 e. The average molecular weight is 332 g/mol. The Balaban J connectivity index is 1.90. The van der Waals surface area contributed by atoms with Gasteiger partial charge in [-0.2, -0.15) is 0 Å². The third kappa shape index (κ3) is 2.74. The molecule has 0 aliphatic heterocycles. The SMILES string of the molecule is COc1cc(-c2nc3ncccn3c2Nc2ccccc2)ccc1O. The molecule has 0 amide bonds. The first kappa shape index (κ1) is 15.0. The second kappa shape index (κ2) is 6.16. The molecule has 4 aromatic rings. The number of para-hydroxylation sites is 1. The van der Waals surface area contributed by atoms with Gasteiger partial charge >= 0.3 is 0 Å². The lowest BCUT2D eigenvalue weighted by molar-refractivity contribution is 0.373. The van der Waals surface area contributed by atoms with Crippen LogP contribution in [0, 0.1) is 0 Å². The number of ether oxygens (including phenoxy) is 1. The van der Waals surface area contributed by atoms with E-state index < -0.39 is 0 Å². The number of rotatable bonds is 4. The number of methoxy groups -OCH3 is 1. The number of aromatic hydroxyl groups is 1. The zero-order chi connectivity index (χ0) is 17.2. The molecular weight excluding hydrogens is 316 g/mol. The van der Waals surface area contributed by atoms with Gasteiger partial charge in [-0.25, -0.2) is 9.97 Å². The summed E-state index contributed by atoms with van der Waals surface area (Å²) in [6, 6.07) is 16.9. The van der Waals surface area contributed by atoms with Crippen molar-refractivity contribution in [3.05, 3.63) is 67.0 Å². The molecule has 0 radical (unpaired) electrons. The van der Waals surface area contributed by atoms with Gasteiger partial charge in [0, 0.05) is 23.6 Å². The molecule has 0 spiro atoms. The Bertz CT molecular complexity index is 1030. The zero-order valence-corrected chi connectivity index (χ0v) is 13.5. The van der Waals surface area contributed by atoms with Crippen LogP contribution in [0.4, 0.5) is 11.5 Å². The van der Waals surface area contributed by atoms with Crippen molar-refractivity contribution in [1.82, 2.24) is 14.4 Å². The summed E-state index contributed by atoms with van der Waals surface area (Å²) in [5, 5.41) is 13.3. The third-order valence-corrected chi connectivity index (χ3v) is 3.89. The van der Waals surface area contributed by atoms with Crippen LogP contribution in [-0.4, -0.2) is 26.6 Å². The summed E-state index contributed by atoms with van der Waals surface area (Å²) in [7, 11) is 1.52. The van der Waals surface area contributed by atoms with E-state index >= 15 is 0 Å². The quantitative estimate of drug-likeness (QED) is 0.594. The lowest BCUT2D eigenvalue weighted by Gasteiger charge is -2.10. The largest absolute Gasteiger partial charge is 0.504 e. The fourth-order valence-corrected chi connectivity index (χ4v) is 2.69. The molecule has 6 nitrogen and oxygen atoms in total. The molecule has 0 aliphatic carbocycles. The van der Waals surface area contributed by atoms with Crippen molar-refractivity contribution in [2.75, 3.05) is 12.4 Å². The van der Waals surface area contributed by atoms with Crippen LogP contribution in [-0.2, 0) is 0 Å². The number of phenolic OH excluding ortho intramolecular Hbond substituents is 1. The van der Waals surface area contributed by atoms with Gasteiger partial charge < -0.3 is 15.2 Å². The highest BCUT2D eigenvalue weighted by molar-refractivity contribution is 5.80. The average Bonchev–Trinajstić information content (AvgIpc) is 3.02. The molecule has 0 fully saturated rings. The van der Waals surface area contributed by atoms with Crippen LogP contribution in [0.3, 0.4) is 0 Å². The van der Waals surface area contributed by atoms with Gasteiger partial charge in [-0.3, -0.25) is 4.40 Å². The Kier molecular flexibility index (Phi) is 3.70. The molecule has 0 bridgehead atoms. The number of nitrogens with zero attached hydrogens (tertiary/aromatic N) is 3. The van der Waals surface area contributed by atoms with Gasteiger partial charge in [0.15, 0.2) is 11.5 Å². The van der Waals surface area contributed by atoms with Crippen LogP contribution in [0.2, 0.25) is 0 Å². The number of hydrogen-bond donors (Lipinski definition) is 2. The number of hydrogen-bond acceptors (Lipinski definition) is 5. The standard InChI is InChI=1S/C19H16N4O2/c1-25-16-12-13(8-9-15(16)24)17-18(21-14-6-3-2-4-7-14)23-11-5-10-20-19(23)22-17/h2-12,21,24H,1H3. The predicted octanol–water partition coefficient (Wildman–Crippen LogP) is 3.85. The summed E-state index contributed by atoms with van der Waals surface area (Å²) in [6.45, 7) is 0. The number of benzene rings is 2. The lowest BCUT2D eigenvalue weighted by Crippen LogP contribution is -1.97. The number of phenols is 1. The Labute approximate surface area is 144 Å². The van der Waals surface area contributed by atoms with E-state index in [2.05, 4.69) is 15.3 Å². The van der Waals surface area contributed by atoms with Gasteiger partial charge in [0.05, 0.1) is 7.11 Å².